The number of allylic oxidation sites excluding steroid dienone is 2. The van der Waals surface area contributed by atoms with Gasteiger partial charge >= 0.3 is 6.03 Å². The van der Waals surface area contributed by atoms with Gasteiger partial charge in [-0.1, -0.05) is 29.8 Å². The number of imide groups is 1. The van der Waals surface area contributed by atoms with Gasteiger partial charge in [-0.25, -0.2) is 4.79 Å². The van der Waals surface area contributed by atoms with Crippen molar-refractivity contribution in [2.45, 2.75) is 32.9 Å². The van der Waals surface area contributed by atoms with Crippen molar-refractivity contribution in [2.75, 3.05) is 5.32 Å². The Morgan fingerprint density at radius 1 is 1.04 bits per heavy atom. The SMILES string of the molecule is Cc1ccc(NC(=O)N[C@H](C)N2C(=O)[C@H]3[C@H](C2=O)[C@H]2C=C[C@H]3CC2)cc1. The lowest BCUT2D eigenvalue weighted by atomic mass is 9.63. The standard InChI is InChI=1S/C20H23N3O3/c1-11-3-9-15(10-4-11)22-20(26)21-12(2)23-18(24)16-13-5-6-14(8-7-13)17(16)19(23)25/h3-6,9-10,12-14,16-17H,7-8H2,1-2H3,(H2,21,22,26)/t12-,13-,14-,16+,17+/m0/s1. The zero-order chi connectivity index (χ0) is 18.4. The Bertz CT molecular complexity index is 754. The molecule has 1 aromatic carbocycles. The van der Waals surface area contributed by atoms with Crippen LogP contribution in [0.5, 0.6) is 0 Å². The van der Waals surface area contributed by atoms with Crippen molar-refractivity contribution in [3.8, 4) is 0 Å². The molecule has 26 heavy (non-hydrogen) atoms. The summed E-state index contributed by atoms with van der Waals surface area (Å²) < 4.78 is 0. The predicted molar refractivity (Wildman–Crippen MR) is 97.0 cm³/mol. The van der Waals surface area contributed by atoms with Gasteiger partial charge in [-0.05, 0) is 50.7 Å². The zero-order valence-electron chi connectivity index (χ0n) is 14.9. The van der Waals surface area contributed by atoms with Crippen molar-refractivity contribution < 1.29 is 14.4 Å². The molecular weight excluding hydrogens is 330 g/mol. The van der Waals surface area contributed by atoms with Crippen LogP contribution >= 0.6 is 0 Å². The quantitative estimate of drug-likeness (QED) is 0.648. The van der Waals surface area contributed by atoms with E-state index in [1.54, 1.807) is 6.92 Å². The van der Waals surface area contributed by atoms with Gasteiger partial charge in [0.05, 0.1) is 11.8 Å². The molecule has 0 radical (unpaired) electrons. The van der Waals surface area contributed by atoms with E-state index >= 15 is 0 Å². The van der Waals surface area contributed by atoms with E-state index < -0.39 is 12.2 Å². The Kier molecular flexibility index (Phi) is 4.05. The van der Waals surface area contributed by atoms with Crippen LogP contribution in [0.4, 0.5) is 10.5 Å². The summed E-state index contributed by atoms with van der Waals surface area (Å²) in [5.41, 5.74) is 1.76. The fraction of sp³-hybridized carbons (Fsp3) is 0.450. The van der Waals surface area contributed by atoms with Gasteiger partial charge in [0.1, 0.15) is 6.17 Å². The van der Waals surface area contributed by atoms with Crippen molar-refractivity contribution in [3.63, 3.8) is 0 Å². The number of rotatable bonds is 3. The maximum absolute atomic E-state index is 12.9. The molecule has 2 N–H and O–H groups in total. The molecule has 6 nitrogen and oxygen atoms in total. The average molecular weight is 353 g/mol. The van der Waals surface area contributed by atoms with Gasteiger partial charge in [0, 0.05) is 5.69 Å². The smallest absolute Gasteiger partial charge is 0.317 e. The largest absolute Gasteiger partial charge is 0.320 e. The number of nitrogens with one attached hydrogen (secondary N) is 2. The van der Waals surface area contributed by atoms with Gasteiger partial charge < -0.3 is 10.6 Å². The molecule has 1 aromatic rings. The highest BCUT2D eigenvalue weighted by Gasteiger charge is 2.57. The van der Waals surface area contributed by atoms with E-state index in [0.29, 0.717) is 5.69 Å². The molecule has 136 valence electrons. The summed E-state index contributed by atoms with van der Waals surface area (Å²) in [6.45, 7) is 3.65. The summed E-state index contributed by atoms with van der Waals surface area (Å²) in [5.74, 6) is -0.504. The van der Waals surface area contributed by atoms with E-state index in [4.69, 9.17) is 0 Å². The summed E-state index contributed by atoms with van der Waals surface area (Å²) in [7, 11) is 0. The fourth-order valence-electron chi connectivity index (χ4n) is 4.54. The number of nitrogens with zero attached hydrogens (tertiary/aromatic N) is 1. The van der Waals surface area contributed by atoms with Gasteiger partial charge in [-0.15, -0.1) is 0 Å². The molecule has 1 heterocycles. The first-order valence-electron chi connectivity index (χ1n) is 9.15. The number of carbonyl (C=O) groups is 3. The second-order valence-electron chi connectivity index (χ2n) is 7.53. The third kappa shape index (κ3) is 2.69. The average Bonchev–Trinajstić information content (AvgIpc) is 2.91. The molecule has 0 aromatic heterocycles. The zero-order valence-corrected chi connectivity index (χ0v) is 14.9. The molecule has 0 unspecified atom stereocenters. The summed E-state index contributed by atoms with van der Waals surface area (Å²) in [4.78, 5) is 39.2. The van der Waals surface area contributed by atoms with E-state index in [0.717, 1.165) is 18.4 Å². The Morgan fingerprint density at radius 2 is 1.58 bits per heavy atom. The Labute approximate surface area is 152 Å². The van der Waals surface area contributed by atoms with Crippen molar-refractivity contribution in [2.24, 2.45) is 23.7 Å². The lowest BCUT2D eigenvalue weighted by Crippen LogP contribution is -2.50. The van der Waals surface area contributed by atoms with Crippen molar-refractivity contribution >= 4 is 23.5 Å². The molecule has 4 amide bonds. The highest BCUT2D eigenvalue weighted by molar-refractivity contribution is 6.06. The first-order valence-corrected chi connectivity index (χ1v) is 9.15. The molecular formula is C20H23N3O3. The Morgan fingerprint density at radius 3 is 2.08 bits per heavy atom. The lowest BCUT2D eigenvalue weighted by molar-refractivity contribution is -0.142. The molecule has 3 aliphatic carbocycles. The van der Waals surface area contributed by atoms with Gasteiger partial charge in [0.2, 0.25) is 11.8 Å². The minimum atomic E-state index is -0.676. The van der Waals surface area contributed by atoms with Crippen LogP contribution in [0.3, 0.4) is 0 Å². The highest BCUT2D eigenvalue weighted by atomic mass is 16.2. The molecule has 4 aliphatic rings. The Balaban J connectivity index is 1.44. The summed E-state index contributed by atoms with van der Waals surface area (Å²) in [6, 6.07) is 6.99. The Hall–Kier alpha value is -2.63. The van der Waals surface area contributed by atoms with Gasteiger partial charge in [0.15, 0.2) is 0 Å². The van der Waals surface area contributed by atoms with E-state index in [2.05, 4.69) is 22.8 Å². The molecule has 5 atom stereocenters. The predicted octanol–water partition coefficient (Wildman–Crippen LogP) is 2.66. The van der Waals surface area contributed by atoms with E-state index in [1.807, 2.05) is 31.2 Å². The molecule has 2 fully saturated rings. The number of hydrogen-bond acceptors (Lipinski definition) is 3. The first-order chi connectivity index (χ1) is 12.5. The highest BCUT2D eigenvalue weighted by Crippen LogP contribution is 2.49. The summed E-state index contributed by atoms with van der Waals surface area (Å²) in [5, 5.41) is 5.45. The van der Waals surface area contributed by atoms with Crippen LogP contribution in [-0.2, 0) is 9.59 Å². The fourth-order valence-corrected chi connectivity index (χ4v) is 4.54. The van der Waals surface area contributed by atoms with Crippen LogP contribution in [0.25, 0.3) is 0 Å². The van der Waals surface area contributed by atoms with Crippen LogP contribution in [0, 0.1) is 30.6 Å². The number of hydrogen-bond donors (Lipinski definition) is 2. The second-order valence-corrected chi connectivity index (χ2v) is 7.53. The second kappa shape index (κ2) is 6.27. The van der Waals surface area contributed by atoms with Gasteiger partial charge in [-0.2, -0.15) is 0 Å². The van der Waals surface area contributed by atoms with Gasteiger partial charge in [-0.3, -0.25) is 14.5 Å². The maximum Gasteiger partial charge on any atom is 0.320 e. The van der Waals surface area contributed by atoms with Crippen LogP contribution in [0.2, 0.25) is 0 Å². The van der Waals surface area contributed by atoms with Crippen LogP contribution in [0.1, 0.15) is 25.3 Å². The molecule has 6 heteroatoms. The van der Waals surface area contributed by atoms with Crippen LogP contribution in [0.15, 0.2) is 36.4 Å². The topological polar surface area (TPSA) is 78.5 Å². The molecule has 1 aliphatic heterocycles. The molecule has 5 rings (SSSR count). The van der Waals surface area contributed by atoms with E-state index in [-0.39, 0.29) is 35.5 Å². The molecule has 2 bridgehead atoms. The molecule has 0 spiro atoms. The first kappa shape index (κ1) is 16.8. The van der Waals surface area contributed by atoms with Crippen molar-refractivity contribution in [3.05, 3.63) is 42.0 Å². The number of benzene rings is 1. The number of anilines is 1. The van der Waals surface area contributed by atoms with E-state index in [9.17, 15) is 14.4 Å². The molecule has 1 saturated carbocycles. The maximum atomic E-state index is 12.9. The number of aryl methyl sites for hydroxylation is 1. The van der Waals surface area contributed by atoms with Crippen LogP contribution in [-0.4, -0.2) is 28.9 Å². The minimum absolute atomic E-state index is 0.151. The third-order valence-corrected chi connectivity index (χ3v) is 5.83. The number of urea groups is 1. The number of likely N-dealkylation sites (tertiary alicyclic amines) is 1. The third-order valence-electron chi connectivity index (χ3n) is 5.83. The number of amides is 4. The van der Waals surface area contributed by atoms with Crippen molar-refractivity contribution in [1.29, 1.82) is 0 Å². The van der Waals surface area contributed by atoms with Gasteiger partial charge in [0.25, 0.3) is 0 Å². The summed E-state index contributed by atoms with van der Waals surface area (Å²) >= 11 is 0. The minimum Gasteiger partial charge on any atom is -0.317 e. The van der Waals surface area contributed by atoms with Crippen LogP contribution < -0.4 is 10.6 Å². The number of carbonyl (C=O) groups excluding carboxylic acids is 3. The normalized spacial score (nSPS) is 30.3. The molecule has 1 saturated heterocycles. The lowest BCUT2D eigenvalue weighted by Gasteiger charge is -2.38. The van der Waals surface area contributed by atoms with Crippen molar-refractivity contribution in [1.82, 2.24) is 10.2 Å². The monoisotopic (exact) mass is 353 g/mol. The summed E-state index contributed by atoms with van der Waals surface area (Å²) in [6.07, 6.45) is 5.43. The van der Waals surface area contributed by atoms with E-state index in [1.165, 1.54) is 4.90 Å². The number of fused-ring (bicyclic) bond motifs is 1.